The summed E-state index contributed by atoms with van der Waals surface area (Å²) in [5.41, 5.74) is 11.4. The number of pyridine rings is 1. The minimum Gasteiger partial charge on any atom is -0.382 e. The first-order chi connectivity index (χ1) is 15.8. The monoisotopic (exact) mass is 504 g/mol. The Hall–Kier alpha value is -3.45. The Morgan fingerprint density at radius 3 is 2.21 bits per heavy atom. The van der Waals surface area contributed by atoms with Crippen molar-refractivity contribution in [2.75, 3.05) is 5.73 Å². The van der Waals surface area contributed by atoms with Gasteiger partial charge in [-0.3, -0.25) is 9.78 Å². The van der Waals surface area contributed by atoms with Gasteiger partial charge in [-0.1, -0.05) is 34.1 Å². The number of hydrogen-bond acceptors (Lipinski definition) is 5. The summed E-state index contributed by atoms with van der Waals surface area (Å²) in [6.45, 7) is 3.78. The molecule has 5 nitrogen and oxygen atoms in total. The zero-order valence-corrected chi connectivity index (χ0v) is 19.9. The predicted molar refractivity (Wildman–Crippen MR) is 131 cm³/mol. The van der Waals surface area contributed by atoms with Gasteiger partial charge in [0.1, 0.15) is 11.5 Å². The lowest BCUT2D eigenvalue weighted by molar-refractivity contribution is 0.0978. The van der Waals surface area contributed by atoms with Gasteiger partial charge < -0.3 is 5.73 Å². The highest BCUT2D eigenvalue weighted by Crippen LogP contribution is 2.32. The summed E-state index contributed by atoms with van der Waals surface area (Å²) in [5, 5.41) is 0. The van der Waals surface area contributed by atoms with E-state index in [1.165, 1.54) is 12.1 Å². The Morgan fingerprint density at radius 1 is 0.909 bits per heavy atom. The molecular weight excluding hydrogens is 483 g/mol. The quantitative estimate of drug-likeness (QED) is 0.319. The van der Waals surface area contributed by atoms with E-state index in [1.54, 1.807) is 12.1 Å². The van der Waals surface area contributed by atoms with Gasteiger partial charge in [0.05, 0.1) is 11.4 Å². The second-order valence-corrected chi connectivity index (χ2v) is 8.67. The van der Waals surface area contributed by atoms with E-state index in [0.29, 0.717) is 23.4 Å². The van der Waals surface area contributed by atoms with Gasteiger partial charge in [0, 0.05) is 33.4 Å². The molecule has 2 aromatic heterocycles. The number of halogens is 2. The van der Waals surface area contributed by atoms with Crippen molar-refractivity contribution in [3.05, 3.63) is 93.6 Å². The van der Waals surface area contributed by atoms with Crippen molar-refractivity contribution in [3.8, 4) is 22.5 Å². The number of nitrogens with zero attached hydrogens (tertiary/aromatic N) is 3. The van der Waals surface area contributed by atoms with Crippen LogP contribution in [0.3, 0.4) is 0 Å². The molecule has 0 atom stereocenters. The average Bonchev–Trinajstić information content (AvgIpc) is 2.78. The minimum absolute atomic E-state index is 0.0534. The van der Waals surface area contributed by atoms with Crippen molar-refractivity contribution >= 4 is 27.5 Å². The van der Waals surface area contributed by atoms with Crippen molar-refractivity contribution in [2.45, 2.75) is 26.7 Å². The molecule has 4 aromatic rings. The van der Waals surface area contributed by atoms with Gasteiger partial charge in [0.15, 0.2) is 11.6 Å². The van der Waals surface area contributed by atoms with Gasteiger partial charge in [-0.05, 0) is 68.3 Å². The maximum Gasteiger partial charge on any atom is 0.185 e. The Balaban J connectivity index is 1.78. The second kappa shape index (κ2) is 9.58. The molecular formula is C26H22BrFN4O. The fourth-order valence-corrected chi connectivity index (χ4v) is 4.19. The molecule has 0 saturated heterocycles. The molecule has 2 heterocycles. The van der Waals surface area contributed by atoms with Crippen molar-refractivity contribution in [1.82, 2.24) is 15.0 Å². The first-order valence-electron chi connectivity index (χ1n) is 10.5. The van der Waals surface area contributed by atoms with Crippen LogP contribution in [0.2, 0.25) is 0 Å². The van der Waals surface area contributed by atoms with Crippen molar-refractivity contribution in [1.29, 1.82) is 0 Å². The Bertz CT molecular complexity index is 1320. The summed E-state index contributed by atoms with van der Waals surface area (Å²) in [4.78, 5) is 26.8. The van der Waals surface area contributed by atoms with Gasteiger partial charge in [0.25, 0.3) is 0 Å². The van der Waals surface area contributed by atoms with E-state index in [-0.39, 0.29) is 29.5 Å². The van der Waals surface area contributed by atoms with Crippen LogP contribution in [-0.2, 0) is 6.42 Å². The zero-order valence-electron chi connectivity index (χ0n) is 18.3. The first-order valence-corrected chi connectivity index (χ1v) is 11.3. The number of hydrogen-bond donors (Lipinski definition) is 1. The molecule has 0 unspecified atom stereocenters. The third kappa shape index (κ3) is 5.14. The molecule has 0 saturated carbocycles. The molecule has 0 spiro atoms. The van der Waals surface area contributed by atoms with Gasteiger partial charge in [-0.15, -0.1) is 0 Å². The smallest absolute Gasteiger partial charge is 0.185 e. The van der Waals surface area contributed by atoms with Crippen LogP contribution in [-0.4, -0.2) is 20.7 Å². The van der Waals surface area contributed by atoms with E-state index >= 15 is 0 Å². The zero-order chi connectivity index (χ0) is 23.5. The standard InChI is InChI=1S/C26H22BrFN4O/c1-15-13-19(14-16(2)30-15)24-23(18-7-10-20(28)11-8-18)32-26(29)25(31-24)22(33)12-9-17-5-3-4-6-21(17)27/h3-8,10-11,13-14H,9,12H2,1-2H3,(H2,29,32). The molecule has 0 aliphatic carbocycles. The van der Waals surface area contributed by atoms with Crippen LogP contribution in [0.1, 0.15) is 33.9 Å². The van der Waals surface area contributed by atoms with Gasteiger partial charge in [-0.2, -0.15) is 0 Å². The summed E-state index contributed by atoms with van der Waals surface area (Å²) in [6.07, 6.45) is 0.787. The summed E-state index contributed by atoms with van der Waals surface area (Å²) in [6, 6.07) is 17.5. The van der Waals surface area contributed by atoms with E-state index < -0.39 is 0 Å². The molecule has 0 radical (unpaired) electrons. The number of benzene rings is 2. The average molecular weight is 505 g/mol. The number of aromatic nitrogens is 3. The second-order valence-electron chi connectivity index (χ2n) is 7.81. The van der Waals surface area contributed by atoms with Crippen LogP contribution in [0.25, 0.3) is 22.5 Å². The van der Waals surface area contributed by atoms with Gasteiger partial charge in [0.2, 0.25) is 0 Å². The number of aryl methyl sites for hydroxylation is 3. The Labute approximate surface area is 200 Å². The number of carbonyl (C=O) groups is 1. The molecule has 0 aliphatic rings. The van der Waals surface area contributed by atoms with Crippen molar-refractivity contribution in [3.63, 3.8) is 0 Å². The highest BCUT2D eigenvalue weighted by Gasteiger charge is 2.20. The van der Waals surface area contributed by atoms with E-state index in [9.17, 15) is 9.18 Å². The third-order valence-corrected chi connectivity index (χ3v) is 6.01. The van der Waals surface area contributed by atoms with Crippen molar-refractivity contribution in [2.24, 2.45) is 0 Å². The van der Waals surface area contributed by atoms with Crippen LogP contribution in [0.5, 0.6) is 0 Å². The molecule has 0 aliphatic heterocycles. The van der Waals surface area contributed by atoms with Crippen LogP contribution in [0.4, 0.5) is 10.2 Å². The topological polar surface area (TPSA) is 81.8 Å². The SMILES string of the molecule is Cc1cc(-c2nc(C(=O)CCc3ccccc3Br)c(N)nc2-c2ccc(F)cc2)cc(C)n1. The molecule has 2 N–H and O–H groups in total. The van der Waals surface area contributed by atoms with Crippen LogP contribution in [0.15, 0.2) is 65.1 Å². The summed E-state index contributed by atoms with van der Waals surface area (Å²) in [5.74, 6) is -0.487. The van der Waals surface area contributed by atoms with E-state index in [4.69, 9.17) is 5.73 Å². The number of nitrogen functional groups attached to an aromatic ring is 1. The fraction of sp³-hybridized carbons (Fsp3) is 0.154. The largest absolute Gasteiger partial charge is 0.382 e. The summed E-state index contributed by atoms with van der Waals surface area (Å²) in [7, 11) is 0. The number of nitrogens with two attached hydrogens (primary N) is 1. The Kier molecular flexibility index (Phi) is 6.60. The normalized spacial score (nSPS) is 10.9. The van der Waals surface area contributed by atoms with Gasteiger partial charge >= 0.3 is 0 Å². The highest BCUT2D eigenvalue weighted by molar-refractivity contribution is 9.10. The number of Topliss-reactive ketones (excluding diaryl/α,β-unsaturated/α-hetero) is 1. The maximum atomic E-state index is 13.5. The number of carbonyl (C=O) groups excluding carboxylic acids is 1. The van der Waals surface area contributed by atoms with Crippen LogP contribution >= 0.6 is 15.9 Å². The van der Waals surface area contributed by atoms with Crippen LogP contribution in [0, 0.1) is 19.7 Å². The molecule has 4 rings (SSSR count). The van der Waals surface area contributed by atoms with Gasteiger partial charge in [-0.25, -0.2) is 14.4 Å². The number of ketones is 1. The van der Waals surface area contributed by atoms with Crippen LogP contribution < -0.4 is 5.73 Å². The molecule has 0 bridgehead atoms. The van der Waals surface area contributed by atoms with E-state index in [0.717, 1.165) is 27.0 Å². The maximum absolute atomic E-state index is 13.5. The predicted octanol–water partition coefficient (Wildman–Crippen LogP) is 6.12. The molecule has 0 fully saturated rings. The summed E-state index contributed by atoms with van der Waals surface area (Å²) >= 11 is 3.52. The first kappa shape index (κ1) is 22.7. The lowest BCUT2D eigenvalue weighted by atomic mass is 10.0. The number of anilines is 1. The highest BCUT2D eigenvalue weighted by atomic mass is 79.9. The number of rotatable bonds is 6. The molecule has 166 valence electrons. The molecule has 7 heteroatoms. The molecule has 33 heavy (non-hydrogen) atoms. The lowest BCUT2D eigenvalue weighted by Gasteiger charge is -2.14. The Morgan fingerprint density at radius 2 is 1.55 bits per heavy atom. The van der Waals surface area contributed by atoms with Crippen molar-refractivity contribution < 1.29 is 9.18 Å². The van der Waals surface area contributed by atoms with E-state index in [1.807, 2.05) is 50.2 Å². The summed E-state index contributed by atoms with van der Waals surface area (Å²) < 4.78 is 14.5. The van der Waals surface area contributed by atoms with E-state index in [2.05, 4.69) is 30.9 Å². The molecule has 0 amide bonds. The minimum atomic E-state index is -0.351. The third-order valence-electron chi connectivity index (χ3n) is 5.24. The lowest BCUT2D eigenvalue weighted by Crippen LogP contribution is -2.12. The molecule has 2 aromatic carbocycles. The fourth-order valence-electron chi connectivity index (χ4n) is 3.70.